The van der Waals surface area contributed by atoms with Gasteiger partial charge in [0.1, 0.15) is 0 Å². The number of carbonyl (C=O) groups is 1. The predicted molar refractivity (Wildman–Crippen MR) is 84.2 cm³/mol. The molecule has 4 heteroatoms. The highest BCUT2D eigenvalue weighted by atomic mass is 35.5. The summed E-state index contributed by atoms with van der Waals surface area (Å²) < 4.78 is 0. The zero-order valence-electron chi connectivity index (χ0n) is 12.2. The van der Waals surface area contributed by atoms with Crippen molar-refractivity contribution in [3.05, 3.63) is 28.8 Å². The van der Waals surface area contributed by atoms with Crippen molar-refractivity contribution in [1.82, 2.24) is 5.32 Å². The highest BCUT2D eigenvalue weighted by Gasteiger charge is 2.22. The third-order valence-corrected chi connectivity index (χ3v) is 4.41. The number of benzene rings is 1. The number of piperidine rings is 1. The number of hydrogen-bond donors (Lipinski definition) is 2. The Hall–Kier alpha value is -1.06. The predicted octanol–water partition coefficient (Wildman–Crippen LogP) is 3.61. The third-order valence-electron chi connectivity index (χ3n) is 4.09. The highest BCUT2D eigenvalue weighted by Crippen LogP contribution is 2.26. The average molecular weight is 295 g/mol. The lowest BCUT2D eigenvalue weighted by Crippen LogP contribution is -2.32. The van der Waals surface area contributed by atoms with Crippen LogP contribution in [0.1, 0.15) is 31.7 Å². The Bertz CT molecular complexity index is 470. The van der Waals surface area contributed by atoms with Gasteiger partial charge in [0.15, 0.2) is 0 Å². The van der Waals surface area contributed by atoms with E-state index in [1.54, 1.807) is 0 Å². The second-order valence-corrected chi connectivity index (χ2v) is 6.21. The summed E-state index contributed by atoms with van der Waals surface area (Å²) in [6.07, 6.45) is 2.90. The Morgan fingerprint density at radius 1 is 1.45 bits per heavy atom. The molecule has 1 heterocycles. The van der Waals surface area contributed by atoms with E-state index in [1.165, 1.54) is 12.8 Å². The molecule has 110 valence electrons. The quantitative estimate of drug-likeness (QED) is 0.890. The van der Waals surface area contributed by atoms with Gasteiger partial charge in [-0.3, -0.25) is 4.79 Å². The zero-order chi connectivity index (χ0) is 14.5. The van der Waals surface area contributed by atoms with Crippen molar-refractivity contribution in [2.24, 2.45) is 11.8 Å². The van der Waals surface area contributed by atoms with Gasteiger partial charge in [-0.05, 0) is 62.4 Å². The van der Waals surface area contributed by atoms with Gasteiger partial charge in [-0.1, -0.05) is 24.6 Å². The van der Waals surface area contributed by atoms with Gasteiger partial charge in [-0.2, -0.15) is 0 Å². The standard InChI is InChI=1S/C16H23ClN2O/c1-11-3-4-15(14(17)9-11)19-16(20)10-12(2)13-5-7-18-8-6-13/h3-4,9,12-13,18H,5-8,10H2,1-2H3,(H,19,20). The maximum atomic E-state index is 12.1. The molecule has 2 N–H and O–H groups in total. The van der Waals surface area contributed by atoms with Crippen molar-refractivity contribution in [1.29, 1.82) is 0 Å². The first-order chi connectivity index (χ1) is 9.56. The fourth-order valence-corrected chi connectivity index (χ4v) is 3.08. The van der Waals surface area contributed by atoms with E-state index in [9.17, 15) is 4.79 Å². The molecule has 1 unspecified atom stereocenters. The molecule has 0 aliphatic carbocycles. The largest absolute Gasteiger partial charge is 0.325 e. The SMILES string of the molecule is Cc1ccc(NC(=O)CC(C)C2CCNCC2)c(Cl)c1. The molecule has 0 radical (unpaired) electrons. The van der Waals surface area contributed by atoms with Crippen molar-refractivity contribution in [3.8, 4) is 0 Å². The minimum atomic E-state index is 0.0572. The minimum Gasteiger partial charge on any atom is -0.325 e. The summed E-state index contributed by atoms with van der Waals surface area (Å²) >= 11 is 6.14. The summed E-state index contributed by atoms with van der Waals surface area (Å²) in [6, 6.07) is 5.69. The first-order valence-corrected chi connectivity index (χ1v) is 7.71. The Labute approximate surface area is 126 Å². The van der Waals surface area contributed by atoms with Crippen LogP contribution in [0.2, 0.25) is 5.02 Å². The maximum Gasteiger partial charge on any atom is 0.224 e. The molecule has 1 aliphatic rings. The molecule has 1 aromatic carbocycles. The second kappa shape index (κ2) is 7.09. The van der Waals surface area contributed by atoms with Crippen molar-refractivity contribution in [2.45, 2.75) is 33.1 Å². The van der Waals surface area contributed by atoms with Gasteiger partial charge in [0.05, 0.1) is 10.7 Å². The summed E-state index contributed by atoms with van der Waals surface area (Å²) in [4.78, 5) is 12.1. The summed E-state index contributed by atoms with van der Waals surface area (Å²) in [5.74, 6) is 1.12. The Morgan fingerprint density at radius 3 is 2.80 bits per heavy atom. The monoisotopic (exact) mass is 294 g/mol. The van der Waals surface area contributed by atoms with Crippen LogP contribution in [-0.4, -0.2) is 19.0 Å². The molecule has 0 spiro atoms. The van der Waals surface area contributed by atoms with Crippen LogP contribution in [0.25, 0.3) is 0 Å². The average Bonchev–Trinajstić information content (AvgIpc) is 2.43. The van der Waals surface area contributed by atoms with E-state index in [-0.39, 0.29) is 5.91 Å². The van der Waals surface area contributed by atoms with Crippen molar-refractivity contribution in [3.63, 3.8) is 0 Å². The topological polar surface area (TPSA) is 41.1 Å². The Balaban J connectivity index is 1.88. The van der Waals surface area contributed by atoms with E-state index in [0.717, 1.165) is 18.7 Å². The van der Waals surface area contributed by atoms with Gasteiger partial charge >= 0.3 is 0 Å². The van der Waals surface area contributed by atoms with Crippen LogP contribution in [0.3, 0.4) is 0 Å². The summed E-state index contributed by atoms with van der Waals surface area (Å²) in [7, 11) is 0. The first-order valence-electron chi connectivity index (χ1n) is 7.33. The van der Waals surface area contributed by atoms with Gasteiger partial charge in [0.25, 0.3) is 0 Å². The molecule has 0 bridgehead atoms. The van der Waals surface area contributed by atoms with Crippen LogP contribution < -0.4 is 10.6 Å². The second-order valence-electron chi connectivity index (χ2n) is 5.80. The van der Waals surface area contributed by atoms with Gasteiger partial charge < -0.3 is 10.6 Å². The molecule has 1 aromatic rings. The van der Waals surface area contributed by atoms with Gasteiger partial charge in [-0.15, -0.1) is 0 Å². The van der Waals surface area contributed by atoms with Crippen molar-refractivity contribution >= 4 is 23.2 Å². The number of anilines is 1. The van der Waals surface area contributed by atoms with Crippen LogP contribution in [0, 0.1) is 18.8 Å². The molecule has 3 nitrogen and oxygen atoms in total. The number of halogens is 1. The van der Waals surface area contributed by atoms with Crippen LogP contribution in [0.5, 0.6) is 0 Å². The molecular weight excluding hydrogens is 272 g/mol. The number of nitrogens with one attached hydrogen (secondary N) is 2. The van der Waals surface area contributed by atoms with E-state index in [1.807, 2.05) is 25.1 Å². The lowest BCUT2D eigenvalue weighted by Gasteiger charge is -2.27. The molecule has 2 rings (SSSR count). The fourth-order valence-electron chi connectivity index (χ4n) is 2.80. The summed E-state index contributed by atoms with van der Waals surface area (Å²) in [5.41, 5.74) is 1.80. The molecule has 1 atom stereocenters. The highest BCUT2D eigenvalue weighted by molar-refractivity contribution is 6.33. The minimum absolute atomic E-state index is 0.0572. The van der Waals surface area contributed by atoms with E-state index in [0.29, 0.717) is 29.0 Å². The van der Waals surface area contributed by atoms with E-state index in [2.05, 4.69) is 17.6 Å². The molecule has 0 saturated carbocycles. The maximum absolute atomic E-state index is 12.1. The number of amides is 1. The zero-order valence-corrected chi connectivity index (χ0v) is 13.0. The van der Waals surface area contributed by atoms with Crippen molar-refractivity contribution < 1.29 is 4.79 Å². The fraction of sp³-hybridized carbons (Fsp3) is 0.562. The number of rotatable bonds is 4. The number of hydrogen-bond acceptors (Lipinski definition) is 2. The van der Waals surface area contributed by atoms with Crippen LogP contribution in [0.15, 0.2) is 18.2 Å². The Kier molecular flexibility index (Phi) is 5.44. The molecular formula is C16H23ClN2O. The van der Waals surface area contributed by atoms with Crippen LogP contribution in [-0.2, 0) is 4.79 Å². The molecule has 1 aliphatic heterocycles. The summed E-state index contributed by atoms with van der Waals surface area (Å²) in [6.45, 7) is 6.30. The van der Waals surface area contributed by atoms with Gasteiger partial charge in [0, 0.05) is 6.42 Å². The lowest BCUT2D eigenvalue weighted by atomic mass is 9.84. The van der Waals surface area contributed by atoms with Gasteiger partial charge in [0.2, 0.25) is 5.91 Å². The van der Waals surface area contributed by atoms with E-state index < -0.39 is 0 Å². The lowest BCUT2D eigenvalue weighted by molar-refractivity contribution is -0.117. The Morgan fingerprint density at radius 2 is 2.15 bits per heavy atom. The first kappa shape index (κ1) is 15.3. The summed E-state index contributed by atoms with van der Waals surface area (Å²) in [5, 5.41) is 6.88. The normalized spacial score (nSPS) is 17.8. The molecule has 1 amide bonds. The molecule has 0 aromatic heterocycles. The van der Waals surface area contributed by atoms with Gasteiger partial charge in [-0.25, -0.2) is 0 Å². The molecule has 1 saturated heterocycles. The molecule has 1 fully saturated rings. The number of aryl methyl sites for hydroxylation is 1. The van der Waals surface area contributed by atoms with Crippen molar-refractivity contribution in [2.75, 3.05) is 18.4 Å². The van der Waals surface area contributed by atoms with Crippen LogP contribution >= 0.6 is 11.6 Å². The molecule has 20 heavy (non-hydrogen) atoms. The third kappa shape index (κ3) is 4.22. The van der Waals surface area contributed by atoms with Crippen LogP contribution in [0.4, 0.5) is 5.69 Å². The van der Waals surface area contributed by atoms with E-state index in [4.69, 9.17) is 11.6 Å². The number of carbonyl (C=O) groups excluding carboxylic acids is 1. The van der Waals surface area contributed by atoms with E-state index >= 15 is 0 Å². The smallest absolute Gasteiger partial charge is 0.224 e.